The van der Waals surface area contributed by atoms with Gasteiger partial charge in [0.05, 0.1) is 22.4 Å². The summed E-state index contributed by atoms with van der Waals surface area (Å²) in [5.41, 5.74) is 10.4. The quantitative estimate of drug-likeness (QED) is 0.213. The van der Waals surface area contributed by atoms with E-state index in [0.29, 0.717) is 0 Å². The Morgan fingerprint density at radius 1 is 0.500 bits per heavy atom. The van der Waals surface area contributed by atoms with Crippen LogP contribution in [0.2, 0.25) is 0 Å². The summed E-state index contributed by atoms with van der Waals surface area (Å²) in [6.07, 6.45) is 9.14. The Morgan fingerprint density at radius 3 is 2.25 bits per heavy atom. The molecule has 0 aliphatic rings. The van der Waals surface area contributed by atoms with Crippen LogP contribution in [0.3, 0.4) is 0 Å². The standard InChI is InChI=1S/C38H23N5O/c1-2-8-24(9-3-1)25-18-26(33-21-36-31(23-42-33)30-22-39-16-14-35(30)44-36)20-27(19-25)43-34-12-5-4-10-28(34)29-13-17-41-37(38(29)43)32-11-6-7-15-40-32/h1-23H. The van der Waals surface area contributed by atoms with Gasteiger partial charge in [-0.3, -0.25) is 19.9 Å². The summed E-state index contributed by atoms with van der Waals surface area (Å²) in [5, 5.41) is 4.19. The minimum Gasteiger partial charge on any atom is -0.456 e. The van der Waals surface area contributed by atoms with Crippen LogP contribution in [0.4, 0.5) is 0 Å². The van der Waals surface area contributed by atoms with E-state index < -0.39 is 0 Å². The second-order valence-electron chi connectivity index (χ2n) is 10.8. The van der Waals surface area contributed by atoms with Gasteiger partial charge in [-0.15, -0.1) is 0 Å². The first-order valence-corrected chi connectivity index (χ1v) is 14.4. The Kier molecular flexibility index (Phi) is 5.40. The number of furan rings is 1. The Hall–Kier alpha value is -6.14. The van der Waals surface area contributed by atoms with Gasteiger partial charge in [0.25, 0.3) is 0 Å². The largest absolute Gasteiger partial charge is 0.456 e. The summed E-state index contributed by atoms with van der Waals surface area (Å²) in [4.78, 5) is 18.7. The molecule has 6 heteroatoms. The third-order valence-electron chi connectivity index (χ3n) is 8.23. The summed E-state index contributed by atoms with van der Waals surface area (Å²) in [6.45, 7) is 0. The van der Waals surface area contributed by atoms with Gasteiger partial charge in [0.1, 0.15) is 16.9 Å². The number of pyridine rings is 4. The monoisotopic (exact) mass is 565 g/mol. The van der Waals surface area contributed by atoms with Crippen LogP contribution in [0.1, 0.15) is 0 Å². The van der Waals surface area contributed by atoms with Gasteiger partial charge in [-0.2, -0.15) is 0 Å². The van der Waals surface area contributed by atoms with Gasteiger partial charge >= 0.3 is 0 Å². The minimum absolute atomic E-state index is 0.781. The van der Waals surface area contributed by atoms with Gasteiger partial charge in [-0.1, -0.05) is 54.6 Å². The zero-order chi connectivity index (χ0) is 29.0. The molecule has 0 N–H and O–H groups in total. The van der Waals surface area contributed by atoms with Crippen LogP contribution in [0.25, 0.3) is 83.2 Å². The number of hydrogen-bond donors (Lipinski definition) is 0. The van der Waals surface area contributed by atoms with E-state index in [0.717, 1.165) is 83.2 Å². The first-order chi connectivity index (χ1) is 21.8. The molecule has 0 atom stereocenters. The highest BCUT2D eigenvalue weighted by molar-refractivity contribution is 6.13. The van der Waals surface area contributed by atoms with Gasteiger partial charge in [0, 0.05) is 69.8 Å². The lowest BCUT2D eigenvalue weighted by Gasteiger charge is -2.15. The highest BCUT2D eigenvalue weighted by atomic mass is 16.3. The van der Waals surface area contributed by atoms with Gasteiger partial charge in [0.2, 0.25) is 0 Å². The van der Waals surface area contributed by atoms with Crippen molar-refractivity contribution in [1.82, 2.24) is 24.5 Å². The fourth-order valence-electron chi connectivity index (χ4n) is 6.23. The van der Waals surface area contributed by atoms with Gasteiger partial charge in [-0.25, -0.2) is 0 Å². The average molecular weight is 566 g/mol. The fraction of sp³-hybridized carbons (Fsp3) is 0. The summed E-state index contributed by atoms with van der Waals surface area (Å²) in [5.74, 6) is 0. The van der Waals surface area contributed by atoms with Crippen molar-refractivity contribution in [2.24, 2.45) is 0 Å². The molecular formula is C38H23N5O. The van der Waals surface area contributed by atoms with Crippen molar-refractivity contribution in [3.63, 3.8) is 0 Å². The number of nitrogens with zero attached hydrogens (tertiary/aromatic N) is 5. The lowest BCUT2D eigenvalue weighted by molar-refractivity contribution is 0.668. The van der Waals surface area contributed by atoms with Crippen LogP contribution in [0.5, 0.6) is 0 Å². The Labute approximate surface area is 251 Å². The fourth-order valence-corrected chi connectivity index (χ4v) is 6.23. The van der Waals surface area contributed by atoms with E-state index in [-0.39, 0.29) is 0 Å². The third kappa shape index (κ3) is 3.82. The van der Waals surface area contributed by atoms with Crippen LogP contribution in [0.15, 0.2) is 145 Å². The maximum absolute atomic E-state index is 6.21. The average Bonchev–Trinajstić information content (AvgIpc) is 3.64. The second kappa shape index (κ2) is 9.71. The zero-order valence-corrected chi connectivity index (χ0v) is 23.4. The minimum atomic E-state index is 0.781. The topological polar surface area (TPSA) is 69.6 Å². The normalized spacial score (nSPS) is 11.6. The zero-order valence-electron chi connectivity index (χ0n) is 23.4. The van der Waals surface area contributed by atoms with Gasteiger partial charge < -0.3 is 8.98 Å². The summed E-state index contributed by atoms with van der Waals surface area (Å²) >= 11 is 0. The SMILES string of the molecule is c1ccc(-c2cc(-c3cc4oc5ccncc5c4cn3)cc(-n3c4ccccc4c4ccnc(-c5ccccn5)c43)c2)cc1. The van der Waals surface area contributed by atoms with Crippen molar-refractivity contribution >= 4 is 43.7 Å². The summed E-state index contributed by atoms with van der Waals surface area (Å²) < 4.78 is 8.52. The van der Waals surface area contributed by atoms with Crippen LogP contribution >= 0.6 is 0 Å². The lowest BCUT2D eigenvalue weighted by Crippen LogP contribution is -1.99. The van der Waals surface area contributed by atoms with Crippen molar-refractivity contribution in [1.29, 1.82) is 0 Å². The molecule has 9 aromatic rings. The van der Waals surface area contributed by atoms with Crippen molar-refractivity contribution in [3.8, 4) is 39.5 Å². The molecule has 0 aliphatic carbocycles. The number of benzene rings is 3. The molecule has 6 aromatic heterocycles. The van der Waals surface area contributed by atoms with Crippen molar-refractivity contribution in [3.05, 3.63) is 140 Å². The molecule has 6 nitrogen and oxygen atoms in total. The molecule has 0 aliphatic heterocycles. The van der Waals surface area contributed by atoms with E-state index >= 15 is 0 Å². The lowest BCUT2D eigenvalue weighted by atomic mass is 9.99. The molecule has 0 spiro atoms. The van der Waals surface area contributed by atoms with Crippen molar-refractivity contribution in [2.75, 3.05) is 0 Å². The smallest absolute Gasteiger partial charge is 0.139 e. The number of rotatable bonds is 4. The molecule has 0 fully saturated rings. The molecule has 44 heavy (non-hydrogen) atoms. The van der Waals surface area contributed by atoms with E-state index in [1.807, 2.05) is 61.2 Å². The van der Waals surface area contributed by atoms with E-state index in [2.05, 4.69) is 87.3 Å². The van der Waals surface area contributed by atoms with Gasteiger partial charge in [-0.05, 0) is 59.7 Å². The first kappa shape index (κ1) is 24.5. The van der Waals surface area contributed by atoms with Crippen LogP contribution in [0, 0.1) is 0 Å². The Balaban J connectivity index is 1.35. The van der Waals surface area contributed by atoms with E-state index in [4.69, 9.17) is 14.4 Å². The molecule has 3 aromatic carbocycles. The van der Waals surface area contributed by atoms with E-state index in [1.54, 1.807) is 6.20 Å². The summed E-state index contributed by atoms with van der Waals surface area (Å²) in [7, 11) is 0. The molecule has 0 saturated heterocycles. The number of fused-ring (bicyclic) bond motifs is 6. The predicted molar refractivity (Wildman–Crippen MR) is 176 cm³/mol. The highest BCUT2D eigenvalue weighted by Crippen LogP contribution is 2.39. The number of para-hydroxylation sites is 1. The molecule has 0 radical (unpaired) electrons. The van der Waals surface area contributed by atoms with Crippen molar-refractivity contribution in [2.45, 2.75) is 0 Å². The predicted octanol–water partition coefficient (Wildman–Crippen LogP) is 9.26. The maximum Gasteiger partial charge on any atom is 0.139 e. The Morgan fingerprint density at radius 2 is 1.34 bits per heavy atom. The highest BCUT2D eigenvalue weighted by Gasteiger charge is 2.19. The van der Waals surface area contributed by atoms with E-state index in [9.17, 15) is 0 Å². The first-order valence-electron chi connectivity index (χ1n) is 14.4. The molecule has 0 unspecified atom stereocenters. The molecule has 6 heterocycles. The molecule has 0 saturated carbocycles. The van der Waals surface area contributed by atoms with Gasteiger partial charge in [0.15, 0.2) is 0 Å². The maximum atomic E-state index is 6.21. The second-order valence-corrected chi connectivity index (χ2v) is 10.8. The summed E-state index contributed by atoms with van der Waals surface area (Å²) in [6, 6.07) is 37.5. The molecule has 206 valence electrons. The Bertz CT molecular complexity index is 2500. The molecule has 0 bridgehead atoms. The van der Waals surface area contributed by atoms with Crippen LogP contribution < -0.4 is 0 Å². The molecule has 0 amide bonds. The molecular weight excluding hydrogens is 542 g/mol. The van der Waals surface area contributed by atoms with E-state index in [1.165, 1.54) is 0 Å². The molecule has 9 rings (SSSR count). The van der Waals surface area contributed by atoms with Crippen LogP contribution in [-0.2, 0) is 0 Å². The van der Waals surface area contributed by atoms with Crippen molar-refractivity contribution < 1.29 is 4.42 Å². The number of hydrogen-bond acceptors (Lipinski definition) is 5. The third-order valence-corrected chi connectivity index (χ3v) is 8.23. The number of aromatic nitrogens is 5. The van der Waals surface area contributed by atoms with Crippen LogP contribution in [-0.4, -0.2) is 24.5 Å².